The molecule has 106 valence electrons. The van der Waals surface area contributed by atoms with Gasteiger partial charge in [-0.1, -0.05) is 12.1 Å². The highest BCUT2D eigenvalue weighted by Gasteiger charge is 2.10. The fraction of sp³-hybridized carbons (Fsp3) is 0. The van der Waals surface area contributed by atoms with Crippen molar-refractivity contribution >= 4 is 16.6 Å². The molecule has 22 heavy (non-hydrogen) atoms. The number of fused-ring (bicyclic) bond motifs is 3. The van der Waals surface area contributed by atoms with E-state index >= 15 is 0 Å². The zero-order valence-electron chi connectivity index (χ0n) is 11.3. The largest absolute Gasteiger partial charge is 0.300 e. The minimum Gasteiger partial charge on any atom is -0.265 e. The molecule has 0 spiro atoms. The molecule has 0 fully saturated rings. The number of rotatable bonds is 1. The van der Waals surface area contributed by atoms with Gasteiger partial charge in [0.2, 0.25) is 0 Å². The van der Waals surface area contributed by atoms with Crippen molar-refractivity contribution in [1.29, 1.82) is 0 Å². The number of hydrogen-bond acceptors (Lipinski definition) is 4. The molecule has 2 aromatic heterocycles. The van der Waals surface area contributed by atoms with Crippen molar-refractivity contribution in [2.24, 2.45) is 0 Å². The fourth-order valence-electron chi connectivity index (χ4n) is 2.34. The van der Waals surface area contributed by atoms with Gasteiger partial charge in [-0.25, -0.2) is 13.9 Å². The molecule has 4 aromatic rings. The quantitative estimate of drug-likeness (QED) is 0.506. The van der Waals surface area contributed by atoms with Crippen LogP contribution >= 0.6 is 0 Å². The molecule has 4 rings (SSSR count). The molecule has 2 heterocycles. The van der Waals surface area contributed by atoms with E-state index in [4.69, 9.17) is 0 Å². The molecule has 6 heteroatoms. The first-order chi connectivity index (χ1) is 10.7. The van der Waals surface area contributed by atoms with E-state index in [2.05, 4.69) is 15.1 Å². The zero-order chi connectivity index (χ0) is 15.1. The van der Waals surface area contributed by atoms with Gasteiger partial charge in [0.15, 0.2) is 11.3 Å². The highest BCUT2D eigenvalue weighted by atomic mass is 19.1. The summed E-state index contributed by atoms with van der Waals surface area (Å²) in [6.45, 7) is 0. The average Bonchev–Trinajstić information content (AvgIpc) is 2.55. The standard InChI is InChI=1S/C16H9FN4O/c17-11-7-5-10(6-8-11)14-16(22)19-15-12-3-1-2-4-13(12)18-9-21(15)20-14/h1-9H. The summed E-state index contributed by atoms with van der Waals surface area (Å²) in [7, 11) is 0. The summed E-state index contributed by atoms with van der Waals surface area (Å²) >= 11 is 0. The van der Waals surface area contributed by atoms with Gasteiger partial charge in [-0.2, -0.15) is 10.1 Å². The Balaban J connectivity index is 2.03. The third-order valence-corrected chi connectivity index (χ3v) is 3.40. The van der Waals surface area contributed by atoms with E-state index in [-0.39, 0.29) is 11.5 Å². The van der Waals surface area contributed by atoms with E-state index in [1.807, 2.05) is 24.3 Å². The van der Waals surface area contributed by atoms with Crippen LogP contribution in [0.5, 0.6) is 0 Å². The van der Waals surface area contributed by atoms with Gasteiger partial charge < -0.3 is 0 Å². The van der Waals surface area contributed by atoms with Gasteiger partial charge in [-0.3, -0.25) is 4.79 Å². The van der Waals surface area contributed by atoms with Crippen molar-refractivity contribution in [2.75, 3.05) is 0 Å². The topological polar surface area (TPSA) is 60.2 Å². The Kier molecular flexibility index (Phi) is 2.69. The van der Waals surface area contributed by atoms with Gasteiger partial charge in [0.05, 0.1) is 5.52 Å². The Morgan fingerprint density at radius 1 is 1.00 bits per heavy atom. The van der Waals surface area contributed by atoms with Crippen LogP contribution in [0, 0.1) is 5.82 Å². The lowest BCUT2D eigenvalue weighted by atomic mass is 10.1. The molecule has 0 bridgehead atoms. The minimum atomic E-state index is -0.456. The van der Waals surface area contributed by atoms with E-state index < -0.39 is 5.56 Å². The Morgan fingerprint density at radius 3 is 2.59 bits per heavy atom. The van der Waals surface area contributed by atoms with Crippen molar-refractivity contribution in [1.82, 2.24) is 19.6 Å². The van der Waals surface area contributed by atoms with Crippen molar-refractivity contribution in [3.8, 4) is 11.3 Å². The number of para-hydroxylation sites is 1. The zero-order valence-corrected chi connectivity index (χ0v) is 11.3. The minimum absolute atomic E-state index is 0.162. The van der Waals surface area contributed by atoms with Crippen LogP contribution in [-0.4, -0.2) is 19.6 Å². The summed E-state index contributed by atoms with van der Waals surface area (Å²) in [5.74, 6) is -0.370. The van der Waals surface area contributed by atoms with Gasteiger partial charge in [-0.15, -0.1) is 0 Å². The second-order valence-electron chi connectivity index (χ2n) is 4.80. The number of hydrogen-bond donors (Lipinski definition) is 0. The lowest BCUT2D eigenvalue weighted by molar-refractivity contribution is 0.628. The van der Waals surface area contributed by atoms with E-state index in [0.29, 0.717) is 11.2 Å². The molecule has 0 aliphatic heterocycles. The number of aromatic nitrogens is 4. The molecular formula is C16H9FN4O. The van der Waals surface area contributed by atoms with E-state index in [0.717, 1.165) is 10.9 Å². The second-order valence-corrected chi connectivity index (χ2v) is 4.80. The summed E-state index contributed by atoms with van der Waals surface area (Å²) in [5, 5.41) is 5.03. The fourth-order valence-corrected chi connectivity index (χ4v) is 2.34. The number of halogens is 1. The van der Waals surface area contributed by atoms with Crippen molar-refractivity contribution in [3.63, 3.8) is 0 Å². The van der Waals surface area contributed by atoms with Crippen LogP contribution in [0.4, 0.5) is 4.39 Å². The van der Waals surface area contributed by atoms with Crippen LogP contribution in [0.15, 0.2) is 59.7 Å². The van der Waals surface area contributed by atoms with Crippen molar-refractivity contribution in [2.45, 2.75) is 0 Å². The smallest absolute Gasteiger partial charge is 0.265 e. The van der Waals surface area contributed by atoms with Gasteiger partial charge in [0.1, 0.15) is 12.1 Å². The Labute approximate surface area is 123 Å². The molecule has 0 unspecified atom stereocenters. The van der Waals surface area contributed by atoms with E-state index in [1.54, 1.807) is 0 Å². The summed E-state index contributed by atoms with van der Waals surface area (Å²) in [6, 6.07) is 13.0. The molecular weight excluding hydrogens is 283 g/mol. The molecule has 0 aliphatic rings. The highest BCUT2D eigenvalue weighted by Crippen LogP contribution is 2.17. The SMILES string of the molecule is O=c1nc2c3ccccc3ncn2nc1-c1ccc(F)cc1. The average molecular weight is 292 g/mol. The predicted molar refractivity (Wildman–Crippen MR) is 80.0 cm³/mol. The molecule has 0 radical (unpaired) electrons. The second kappa shape index (κ2) is 4.70. The Hall–Kier alpha value is -3.15. The summed E-state index contributed by atoms with van der Waals surface area (Å²) in [4.78, 5) is 20.7. The first-order valence-corrected chi connectivity index (χ1v) is 6.63. The first kappa shape index (κ1) is 12.6. The lowest BCUT2D eigenvalue weighted by Crippen LogP contribution is -2.16. The molecule has 0 N–H and O–H groups in total. The first-order valence-electron chi connectivity index (χ1n) is 6.63. The lowest BCUT2D eigenvalue weighted by Gasteiger charge is -2.05. The summed E-state index contributed by atoms with van der Waals surface area (Å²) in [5.41, 5.74) is 1.41. The van der Waals surface area contributed by atoms with Crippen LogP contribution in [0.1, 0.15) is 0 Å². The molecule has 0 saturated carbocycles. The van der Waals surface area contributed by atoms with Gasteiger partial charge in [0.25, 0.3) is 5.56 Å². The van der Waals surface area contributed by atoms with Crippen LogP contribution in [-0.2, 0) is 0 Å². The van der Waals surface area contributed by atoms with E-state index in [9.17, 15) is 9.18 Å². The Morgan fingerprint density at radius 2 is 1.77 bits per heavy atom. The van der Waals surface area contributed by atoms with Crippen LogP contribution in [0.25, 0.3) is 27.8 Å². The number of nitrogens with zero attached hydrogens (tertiary/aromatic N) is 4. The maximum atomic E-state index is 13.0. The summed E-state index contributed by atoms with van der Waals surface area (Å²) < 4.78 is 14.5. The monoisotopic (exact) mass is 292 g/mol. The normalized spacial score (nSPS) is 11.1. The van der Waals surface area contributed by atoms with Crippen LogP contribution in [0.3, 0.4) is 0 Å². The molecule has 2 aromatic carbocycles. The maximum absolute atomic E-state index is 13.0. The maximum Gasteiger partial charge on any atom is 0.300 e. The third-order valence-electron chi connectivity index (χ3n) is 3.40. The van der Waals surface area contributed by atoms with Crippen LogP contribution < -0.4 is 5.56 Å². The van der Waals surface area contributed by atoms with E-state index in [1.165, 1.54) is 35.1 Å². The van der Waals surface area contributed by atoms with Crippen LogP contribution in [0.2, 0.25) is 0 Å². The van der Waals surface area contributed by atoms with Crippen molar-refractivity contribution < 1.29 is 4.39 Å². The van der Waals surface area contributed by atoms with Gasteiger partial charge in [0, 0.05) is 10.9 Å². The van der Waals surface area contributed by atoms with Gasteiger partial charge >= 0.3 is 0 Å². The molecule has 0 amide bonds. The molecule has 0 aliphatic carbocycles. The number of benzene rings is 2. The van der Waals surface area contributed by atoms with Crippen molar-refractivity contribution in [3.05, 3.63) is 71.0 Å². The molecule has 0 atom stereocenters. The Bertz CT molecular complexity index is 1060. The predicted octanol–water partition coefficient (Wildman–Crippen LogP) is 2.44. The molecule has 5 nitrogen and oxygen atoms in total. The van der Waals surface area contributed by atoms with Gasteiger partial charge in [-0.05, 0) is 36.4 Å². The molecule has 0 saturated heterocycles. The third kappa shape index (κ3) is 1.93. The summed E-state index contributed by atoms with van der Waals surface area (Å²) in [6.07, 6.45) is 1.51. The highest BCUT2D eigenvalue weighted by molar-refractivity contribution is 5.90.